The van der Waals surface area contributed by atoms with Crippen molar-refractivity contribution in [2.45, 2.75) is 45.1 Å². The number of fused-ring (bicyclic) bond motifs is 5. The zero-order valence-corrected chi connectivity index (χ0v) is 9.87. The van der Waals surface area contributed by atoms with E-state index in [0.717, 1.165) is 30.1 Å². The summed E-state index contributed by atoms with van der Waals surface area (Å²) in [5.74, 6) is 3.31. The Morgan fingerprint density at radius 2 is 2.07 bits per heavy atom. The van der Waals surface area contributed by atoms with Gasteiger partial charge in [0.15, 0.2) is 0 Å². The first-order valence-corrected chi connectivity index (χ1v) is 6.36. The van der Waals surface area contributed by atoms with Gasteiger partial charge in [-0.15, -0.1) is 6.58 Å². The summed E-state index contributed by atoms with van der Waals surface area (Å²) >= 11 is 0. The minimum Gasteiger partial charge on any atom is -0.385 e. The summed E-state index contributed by atoms with van der Waals surface area (Å²) in [5.41, 5.74) is -0.433. The van der Waals surface area contributed by atoms with Gasteiger partial charge in [-0.3, -0.25) is 0 Å². The van der Waals surface area contributed by atoms with Gasteiger partial charge in [-0.05, 0) is 49.4 Å². The minimum atomic E-state index is -0.567. The fourth-order valence-corrected chi connectivity index (χ4v) is 5.11. The topological polar surface area (TPSA) is 20.2 Å². The Morgan fingerprint density at radius 1 is 1.33 bits per heavy atom. The lowest BCUT2D eigenvalue weighted by molar-refractivity contribution is -0.0635. The molecule has 1 heteroatoms. The van der Waals surface area contributed by atoms with Crippen LogP contribution in [-0.4, -0.2) is 10.7 Å². The molecular formula is C14H22O. The lowest BCUT2D eigenvalue weighted by Gasteiger charge is -2.45. The van der Waals surface area contributed by atoms with Gasteiger partial charge in [0.25, 0.3) is 0 Å². The van der Waals surface area contributed by atoms with E-state index in [1.807, 2.05) is 6.08 Å². The third kappa shape index (κ3) is 0.982. The number of hydrogen-bond donors (Lipinski definition) is 1. The Bertz CT molecular complexity index is 310. The molecule has 0 spiro atoms. The van der Waals surface area contributed by atoms with Crippen molar-refractivity contribution in [3.8, 4) is 0 Å². The largest absolute Gasteiger partial charge is 0.385 e. The quantitative estimate of drug-likeness (QED) is 0.654. The Hall–Kier alpha value is -0.300. The second-order valence-electron chi connectivity index (χ2n) is 6.56. The van der Waals surface area contributed by atoms with Crippen LogP contribution in [0.25, 0.3) is 0 Å². The molecule has 3 aliphatic rings. The number of hydrogen-bond acceptors (Lipinski definition) is 1. The van der Waals surface area contributed by atoms with Crippen LogP contribution in [0, 0.1) is 29.1 Å². The van der Waals surface area contributed by atoms with E-state index in [4.69, 9.17) is 0 Å². The van der Waals surface area contributed by atoms with Crippen LogP contribution >= 0.6 is 0 Å². The molecule has 0 aromatic carbocycles. The summed E-state index contributed by atoms with van der Waals surface area (Å²) in [6.07, 6.45) is 6.76. The first-order chi connectivity index (χ1) is 7.00. The molecule has 1 N–H and O–H groups in total. The summed E-state index contributed by atoms with van der Waals surface area (Å²) in [7, 11) is 0. The summed E-state index contributed by atoms with van der Waals surface area (Å²) in [4.78, 5) is 0. The van der Waals surface area contributed by atoms with Gasteiger partial charge < -0.3 is 5.11 Å². The van der Waals surface area contributed by atoms with Gasteiger partial charge >= 0.3 is 0 Å². The predicted molar refractivity (Wildman–Crippen MR) is 61.4 cm³/mol. The van der Waals surface area contributed by atoms with E-state index in [2.05, 4.69) is 20.4 Å². The van der Waals surface area contributed by atoms with Crippen molar-refractivity contribution < 1.29 is 5.11 Å². The fraction of sp³-hybridized carbons (Fsp3) is 0.857. The second kappa shape index (κ2) is 2.68. The van der Waals surface area contributed by atoms with Crippen LogP contribution in [0.3, 0.4) is 0 Å². The summed E-state index contributed by atoms with van der Waals surface area (Å²) in [6, 6.07) is 0. The maximum Gasteiger partial charge on any atom is 0.0883 e. The molecule has 2 bridgehead atoms. The van der Waals surface area contributed by atoms with Crippen LogP contribution < -0.4 is 0 Å². The number of aliphatic hydroxyl groups is 1. The molecule has 3 aliphatic carbocycles. The Kier molecular flexibility index (Phi) is 1.77. The minimum absolute atomic E-state index is 0.134. The van der Waals surface area contributed by atoms with Gasteiger partial charge in [0.05, 0.1) is 5.60 Å². The predicted octanol–water partition coefficient (Wildman–Crippen LogP) is 3.00. The molecule has 0 aromatic heterocycles. The molecule has 6 atom stereocenters. The van der Waals surface area contributed by atoms with E-state index < -0.39 is 5.60 Å². The normalized spacial score (nSPS) is 62.1. The zero-order valence-electron chi connectivity index (χ0n) is 9.87. The highest BCUT2D eigenvalue weighted by Gasteiger charge is 2.67. The van der Waals surface area contributed by atoms with Gasteiger partial charge in [-0.2, -0.15) is 0 Å². The van der Waals surface area contributed by atoms with Gasteiger partial charge in [-0.1, -0.05) is 19.9 Å². The Morgan fingerprint density at radius 3 is 2.73 bits per heavy atom. The van der Waals surface area contributed by atoms with Crippen molar-refractivity contribution in [2.75, 3.05) is 0 Å². The van der Waals surface area contributed by atoms with Crippen LogP contribution in [0.1, 0.15) is 39.5 Å². The van der Waals surface area contributed by atoms with E-state index >= 15 is 0 Å². The van der Waals surface area contributed by atoms with E-state index in [9.17, 15) is 5.11 Å². The average molecular weight is 206 g/mol. The molecule has 1 nitrogen and oxygen atoms in total. The first kappa shape index (κ1) is 9.89. The molecule has 3 rings (SSSR count). The van der Waals surface area contributed by atoms with Crippen molar-refractivity contribution in [3.05, 3.63) is 12.7 Å². The van der Waals surface area contributed by atoms with Crippen LogP contribution in [0.4, 0.5) is 0 Å². The highest BCUT2D eigenvalue weighted by atomic mass is 16.3. The molecule has 0 heterocycles. The fourth-order valence-electron chi connectivity index (χ4n) is 5.11. The smallest absolute Gasteiger partial charge is 0.0883 e. The van der Waals surface area contributed by atoms with Crippen molar-refractivity contribution in [1.82, 2.24) is 0 Å². The van der Waals surface area contributed by atoms with Gasteiger partial charge in [0, 0.05) is 5.41 Å². The van der Waals surface area contributed by atoms with Gasteiger partial charge in [0.2, 0.25) is 0 Å². The molecule has 6 unspecified atom stereocenters. The van der Waals surface area contributed by atoms with Crippen LogP contribution in [0.5, 0.6) is 0 Å². The van der Waals surface area contributed by atoms with Gasteiger partial charge in [0.1, 0.15) is 0 Å². The van der Waals surface area contributed by atoms with Gasteiger partial charge in [-0.25, -0.2) is 0 Å². The maximum absolute atomic E-state index is 10.7. The summed E-state index contributed by atoms with van der Waals surface area (Å²) in [6.45, 7) is 8.53. The molecule has 3 saturated carbocycles. The van der Waals surface area contributed by atoms with Crippen molar-refractivity contribution in [3.63, 3.8) is 0 Å². The molecule has 3 fully saturated rings. The lowest BCUT2D eigenvalue weighted by atomic mass is 9.64. The van der Waals surface area contributed by atoms with Crippen LogP contribution in [0.15, 0.2) is 12.7 Å². The Balaban J connectivity index is 2.00. The van der Waals surface area contributed by atoms with Crippen LogP contribution in [-0.2, 0) is 0 Å². The molecule has 0 aliphatic heterocycles. The molecule has 84 valence electrons. The summed E-state index contributed by atoms with van der Waals surface area (Å²) < 4.78 is 0. The molecule has 0 radical (unpaired) electrons. The molecule has 15 heavy (non-hydrogen) atoms. The van der Waals surface area contributed by atoms with Crippen molar-refractivity contribution in [1.29, 1.82) is 0 Å². The lowest BCUT2D eigenvalue weighted by Crippen LogP contribution is -2.47. The van der Waals surface area contributed by atoms with E-state index in [1.54, 1.807) is 0 Å². The molecule has 0 aromatic rings. The summed E-state index contributed by atoms with van der Waals surface area (Å²) in [5, 5.41) is 10.7. The standard InChI is InChI=1S/C14H22O/c1-4-14(15)8-10-7-13(14,3)12-6-9(2)5-11(10)12/h4,9-12,15H,1,5-8H2,2-3H3. The van der Waals surface area contributed by atoms with Crippen molar-refractivity contribution in [2.24, 2.45) is 29.1 Å². The average Bonchev–Trinajstić information content (AvgIpc) is 2.74. The molecule has 0 amide bonds. The Labute approximate surface area is 92.6 Å². The molecular weight excluding hydrogens is 184 g/mol. The molecule has 0 saturated heterocycles. The van der Waals surface area contributed by atoms with E-state index in [0.29, 0.717) is 0 Å². The van der Waals surface area contributed by atoms with E-state index in [-0.39, 0.29) is 5.41 Å². The monoisotopic (exact) mass is 206 g/mol. The maximum atomic E-state index is 10.7. The highest BCUT2D eigenvalue weighted by Crippen LogP contribution is 2.70. The second-order valence-corrected chi connectivity index (χ2v) is 6.56. The highest BCUT2D eigenvalue weighted by molar-refractivity contribution is 5.22. The first-order valence-electron chi connectivity index (χ1n) is 6.36. The van der Waals surface area contributed by atoms with Crippen LogP contribution in [0.2, 0.25) is 0 Å². The van der Waals surface area contributed by atoms with Crippen molar-refractivity contribution >= 4 is 0 Å². The number of rotatable bonds is 1. The third-order valence-electron chi connectivity index (χ3n) is 5.86. The zero-order chi connectivity index (χ0) is 10.8. The third-order valence-corrected chi connectivity index (χ3v) is 5.86. The SMILES string of the molecule is C=CC1(O)CC2CC1(C)C1CC(C)CC21. The van der Waals surface area contributed by atoms with E-state index in [1.165, 1.54) is 19.3 Å².